The summed E-state index contributed by atoms with van der Waals surface area (Å²) in [6.07, 6.45) is 0. The standard InChI is InChI=1S/C19H20N4O4S/c1-25-13-6-4-12(5-7-13)18-21-19(23-22-18)28-11-17(24)20-15-9-8-14(26-2)10-16(15)27-3/h4-10H,11H2,1-3H3,(H,20,24)(H,21,22,23). The topological polar surface area (TPSA) is 98.4 Å². The number of thioether (sulfide) groups is 1. The maximum atomic E-state index is 12.3. The van der Waals surface area contributed by atoms with Crippen LogP contribution < -0.4 is 19.5 Å². The monoisotopic (exact) mass is 400 g/mol. The Morgan fingerprint density at radius 3 is 2.39 bits per heavy atom. The molecule has 1 heterocycles. The number of amides is 1. The van der Waals surface area contributed by atoms with Crippen LogP contribution in [0.25, 0.3) is 11.4 Å². The van der Waals surface area contributed by atoms with Crippen molar-refractivity contribution in [3.63, 3.8) is 0 Å². The Morgan fingerprint density at radius 2 is 1.71 bits per heavy atom. The zero-order chi connectivity index (χ0) is 19.9. The molecule has 2 aromatic carbocycles. The van der Waals surface area contributed by atoms with Crippen LogP contribution >= 0.6 is 11.8 Å². The molecule has 0 spiro atoms. The number of ether oxygens (including phenoxy) is 3. The minimum atomic E-state index is -0.184. The number of hydrogen-bond donors (Lipinski definition) is 2. The number of nitrogens with zero attached hydrogens (tertiary/aromatic N) is 2. The molecule has 0 saturated heterocycles. The Bertz CT molecular complexity index is 943. The second kappa shape index (κ2) is 9.14. The second-order valence-corrected chi connectivity index (χ2v) is 6.57. The van der Waals surface area contributed by atoms with Gasteiger partial charge in [-0.3, -0.25) is 4.79 Å². The van der Waals surface area contributed by atoms with Crippen molar-refractivity contribution in [3.05, 3.63) is 42.5 Å². The van der Waals surface area contributed by atoms with E-state index < -0.39 is 0 Å². The summed E-state index contributed by atoms with van der Waals surface area (Å²) in [7, 11) is 4.72. The fourth-order valence-corrected chi connectivity index (χ4v) is 3.02. The number of H-pyrrole nitrogens is 1. The highest BCUT2D eigenvalue weighted by molar-refractivity contribution is 7.99. The van der Waals surface area contributed by atoms with Crippen LogP contribution in [-0.4, -0.2) is 48.2 Å². The number of anilines is 1. The van der Waals surface area contributed by atoms with E-state index in [1.807, 2.05) is 24.3 Å². The Hall–Kier alpha value is -3.20. The normalized spacial score (nSPS) is 10.4. The lowest BCUT2D eigenvalue weighted by Gasteiger charge is -2.11. The Balaban J connectivity index is 1.58. The third-order valence-corrected chi connectivity index (χ3v) is 4.72. The van der Waals surface area contributed by atoms with Gasteiger partial charge in [0.25, 0.3) is 0 Å². The number of aromatic amines is 1. The summed E-state index contributed by atoms with van der Waals surface area (Å²) in [6.45, 7) is 0. The molecule has 1 aromatic heterocycles. The molecule has 3 aromatic rings. The van der Waals surface area contributed by atoms with Crippen LogP contribution in [0.2, 0.25) is 0 Å². The van der Waals surface area contributed by atoms with E-state index in [1.54, 1.807) is 32.4 Å². The highest BCUT2D eigenvalue weighted by Crippen LogP contribution is 2.29. The molecule has 0 aliphatic rings. The van der Waals surface area contributed by atoms with Crippen molar-refractivity contribution >= 4 is 23.4 Å². The van der Waals surface area contributed by atoms with Crippen molar-refractivity contribution in [2.75, 3.05) is 32.4 Å². The Kier molecular flexibility index (Phi) is 6.38. The average molecular weight is 400 g/mol. The molecule has 0 fully saturated rings. The second-order valence-electron chi connectivity index (χ2n) is 5.61. The molecule has 0 saturated carbocycles. The number of nitrogens with one attached hydrogen (secondary N) is 2. The molecule has 3 rings (SSSR count). The van der Waals surface area contributed by atoms with Gasteiger partial charge in [0.2, 0.25) is 5.91 Å². The highest BCUT2D eigenvalue weighted by atomic mass is 32.2. The van der Waals surface area contributed by atoms with Gasteiger partial charge >= 0.3 is 0 Å². The maximum Gasteiger partial charge on any atom is 0.234 e. The lowest BCUT2D eigenvalue weighted by atomic mass is 10.2. The molecular weight excluding hydrogens is 380 g/mol. The van der Waals surface area contributed by atoms with Crippen LogP contribution in [0.5, 0.6) is 17.2 Å². The van der Waals surface area contributed by atoms with E-state index in [9.17, 15) is 4.79 Å². The van der Waals surface area contributed by atoms with Crippen LogP contribution in [-0.2, 0) is 4.79 Å². The molecule has 8 nitrogen and oxygen atoms in total. The van der Waals surface area contributed by atoms with Crippen LogP contribution in [0, 0.1) is 0 Å². The predicted molar refractivity (Wildman–Crippen MR) is 107 cm³/mol. The van der Waals surface area contributed by atoms with Gasteiger partial charge in [-0.2, -0.15) is 0 Å². The lowest BCUT2D eigenvalue weighted by Crippen LogP contribution is -2.14. The first-order valence-electron chi connectivity index (χ1n) is 8.34. The first-order chi connectivity index (χ1) is 13.6. The van der Waals surface area contributed by atoms with Crippen LogP contribution in [0.15, 0.2) is 47.6 Å². The molecule has 28 heavy (non-hydrogen) atoms. The van der Waals surface area contributed by atoms with E-state index in [0.717, 1.165) is 11.3 Å². The molecule has 0 bridgehead atoms. The van der Waals surface area contributed by atoms with E-state index in [2.05, 4.69) is 20.5 Å². The SMILES string of the molecule is COc1ccc(-c2nnc(SCC(=O)Nc3ccc(OC)cc3OC)[nH]2)cc1. The van der Waals surface area contributed by atoms with Crippen LogP contribution in [0.1, 0.15) is 0 Å². The maximum absolute atomic E-state index is 12.3. The van der Waals surface area contributed by atoms with Crippen molar-refractivity contribution < 1.29 is 19.0 Å². The highest BCUT2D eigenvalue weighted by Gasteiger charge is 2.12. The van der Waals surface area contributed by atoms with Gasteiger partial charge in [-0.15, -0.1) is 10.2 Å². The van der Waals surface area contributed by atoms with Crippen molar-refractivity contribution in [2.45, 2.75) is 5.16 Å². The molecule has 1 amide bonds. The number of methoxy groups -OCH3 is 3. The molecule has 9 heteroatoms. The zero-order valence-corrected chi connectivity index (χ0v) is 16.5. The van der Waals surface area contributed by atoms with E-state index in [4.69, 9.17) is 14.2 Å². The molecule has 146 valence electrons. The van der Waals surface area contributed by atoms with Gasteiger partial charge in [0.15, 0.2) is 11.0 Å². The first kappa shape index (κ1) is 19.6. The molecule has 0 atom stereocenters. The van der Waals surface area contributed by atoms with Crippen LogP contribution in [0.4, 0.5) is 5.69 Å². The quantitative estimate of drug-likeness (QED) is 0.560. The van der Waals surface area contributed by atoms with E-state index in [0.29, 0.717) is 28.2 Å². The molecule has 2 N–H and O–H groups in total. The van der Waals surface area contributed by atoms with Crippen LogP contribution in [0.3, 0.4) is 0 Å². The third kappa shape index (κ3) is 4.74. The van der Waals surface area contributed by atoms with Gasteiger partial charge in [-0.25, -0.2) is 0 Å². The summed E-state index contributed by atoms with van der Waals surface area (Å²) in [4.78, 5) is 15.4. The number of carbonyl (C=O) groups is 1. The summed E-state index contributed by atoms with van der Waals surface area (Å²) in [5.41, 5.74) is 1.46. The molecule has 0 aliphatic heterocycles. The Labute approximate surface area is 166 Å². The van der Waals surface area contributed by atoms with Gasteiger partial charge in [0, 0.05) is 11.6 Å². The third-order valence-electron chi connectivity index (χ3n) is 3.85. The number of benzene rings is 2. The summed E-state index contributed by atoms with van der Waals surface area (Å²) in [5, 5.41) is 11.6. The van der Waals surface area contributed by atoms with Gasteiger partial charge in [-0.1, -0.05) is 11.8 Å². The summed E-state index contributed by atoms with van der Waals surface area (Å²) < 4.78 is 15.6. The van der Waals surface area contributed by atoms with E-state index in [-0.39, 0.29) is 11.7 Å². The zero-order valence-electron chi connectivity index (χ0n) is 15.7. The van der Waals surface area contributed by atoms with Gasteiger partial charge in [0.05, 0.1) is 32.8 Å². The summed E-state index contributed by atoms with van der Waals surface area (Å²) >= 11 is 1.26. The minimum absolute atomic E-state index is 0.173. The summed E-state index contributed by atoms with van der Waals surface area (Å²) in [5.74, 6) is 2.56. The van der Waals surface area contributed by atoms with Gasteiger partial charge < -0.3 is 24.5 Å². The molecule has 0 aliphatic carbocycles. The molecular formula is C19H20N4O4S. The van der Waals surface area contributed by atoms with E-state index in [1.165, 1.54) is 18.9 Å². The van der Waals surface area contributed by atoms with Crippen molar-refractivity contribution in [2.24, 2.45) is 0 Å². The molecule has 0 unspecified atom stereocenters. The predicted octanol–water partition coefficient (Wildman–Crippen LogP) is 3.23. The lowest BCUT2D eigenvalue weighted by molar-refractivity contribution is -0.113. The average Bonchev–Trinajstić information content (AvgIpc) is 3.21. The first-order valence-corrected chi connectivity index (χ1v) is 9.33. The number of carbonyl (C=O) groups excluding carboxylic acids is 1. The number of aromatic nitrogens is 3. The van der Waals surface area contributed by atoms with E-state index >= 15 is 0 Å². The number of rotatable bonds is 8. The minimum Gasteiger partial charge on any atom is -0.497 e. The van der Waals surface area contributed by atoms with Gasteiger partial charge in [0.1, 0.15) is 17.2 Å². The van der Waals surface area contributed by atoms with Crippen molar-refractivity contribution in [1.82, 2.24) is 15.2 Å². The van der Waals surface area contributed by atoms with Crippen molar-refractivity contribution in [1.29, 1.82) is 0 Å². The Morgan fingerprint density at radius 1 is 1.00 bits per heavy atom. The molecule has 0 radical (unpaired) electrons. The van der Waals surface area contributed by atoms with Gasteiger partial charge in [-0.05, 0) is 36.4 Å². The largest absolute Gasteiger partial charge is 0.497 e. The smallest absolute Gasteiger partial charge is 0.234 e. The fourth-order valence-electron chi connectivity index (χ4n) is 2.41. The fraction of sp³-hybridized carbons (Fsp3) is 0.211. The summed E-state index contributed by atoms with van der Waals surface area (Å²) in [6, 6.07) is 12.7. The van der Waals surface area contributed by atoms with Crippen molar-refractivity contribution in [3.8, 4) is 28.6 Å². The number of hydrogen-bond acceptors (Lipinski definition) is 7.